The molecule has 1 heterocycles. The number of hydrogen-bond acceptors (Lipinski definition) is 8. The van der Waals surface area contributed by atoms with E-state index in [9.17, 15) is 0 Å². The van der Waals surface area contributed by atoms with E-state index < -0.39 is 12.9 Å². The third kappa shape index (κ3) is 7.75. The second kappa shape index (κ2) is 9.70. The van der Waals surface area contributed by atoms with Crippen LogP contribution >= 0.6 is 0 Å². The molecule has 106 valence electrons. The quantitative estimate of drug-likeness (QED) is 0.373. The Balaban J connectivity index is 0.000000443. The summed E-state index contributed by atoms with van der Waals surface area (Å²) in [6.45, 7) is 2.27. The average molecular weight is 271 g/mol. The van der Waals surface area contributed by atoms with Gasteiger partial charge in [0.05, 0.1) is 0 Å². The maximum atomic E-state index is 8.50. The average Bonchev–Trinajstić information content (AvgIpc) is 2.86. The summed E-state index contributed by atoms with van der Waals surface area (Å²) in [6.07, 6.45) is 2.83. The number of nitriles is 2. The van der Waals surface area contributed by atoms with Crippen molar-refractivity contribution in [1.29, 1.82) is 10.5 Å². The van der Waals surface area contributed by atoms with Gasteiger partial charge in [0.1, 0.15) is 18.7 Å². The normalized spacial score (nSPS) is 15.1. The minimum Gasteiger partial charge on any atom is -0.400 e. The third-order valence-corrected chi connectivity index (χ3v) is 2.31. The van der Waals surface area contributed by atoms with Crippen molar-refractivity contribution in [1.82, 2.24) is 4.90 Å². The Hall–Kier alpha value is -1.20. The Bertz CT molecular complexity index is 308. The molecule has 0 aromatic rings. The van der Waals surface area contributed by atoms with Gasteiger partial charge in [0.2, 0.25) is 0 Å². The van der Waals surface area contributed by atoms with Crippen LogP contribution in [0.15, 0.2) is 0 Å². The highest BCUT2D eigenvalue weighted by Crippen LogP contribution is 2.09. The van der Waals surface area contributed by atoms with E-state index in [1.165, 1.54) is 45.2 Å². The summed E-state index contributed by atoms with van der Waals surface area (Å²) >= 11 is 0. The molecule has 9 heteroatoms. The fourth-order valence-electron chi connectivity index (χ4n) is 1.35. The number of hydrogen-bond donors (Lipinski definition) is 2. The van der Waals surface area contributed by atoms with Crippen molar-refractivity contribution in [3.8, 4) is 12.1 Å². The Kier molecular flexibility index (Phi) is 9.09. The van der Waals surface area contributed by atoms with Gasteiger partial charge in [-0.25, -0.2) is 9.69 Å². The van der Waals surface area contributed by atoms with E-state index >= 15 is 0 Å². The Morgan fingerprint density at radius 1 is 1.26 bits per heavy atom. The van der Waals surface area contributed by atoms with Gasteiger partial charge in [0.25, 0.3) is 5.60 Å². The van der Waals surface area contributed by atoms with Crippen LogP contribution in [0.25, 0.3) is 0 Å². The zero-order valence-corrected chi connectivity index (χ0v) is 11.1. The van der Waals surface area contributed by atoms with Gasteiger partial charge in [-0.2, -0.15) is 10.5 Å². The van der Waals surface area contributed by atoms with Crippen molar-refractivity contribution in [2.45, 2.75) is 18.4 Å². The molecule has 0 unspecified atom stereocenters. The number of nitrogens with zero attached hydrogens (tertiary/aromatic N) is 3. The van der Waals surface area contributed by atoms with E-state index in [1.807, 2.05) is 0 Å². The highest BCUT2D eigenvalue weighted by atomic mass is 17.2. The van der Waals surface area contributed by atoms with Gasteiger partial charge in [-0.15, -0.1) is 0 Å². The number of methoxy groups -OCH3 is 1. The molecule has 1 saturated heterocycles. The summed E-state index contributed by atoms with van der Waals surface area (Å²) in [6, 6.07) is 2.93. The predicted molar refractivity (Wildman–Crippen MR) is 64.9 cm³/mol. The van der Waals surface area contributed by atoms with Gasteiger partial charge < -0.3 is 19.7 Å². The van der Waals surface area contributed by atoms with Crippen molar-refractivity contribution in [2.75, 3.05) is 33.9 Å². The van der Waals surface area contributed by atoms with E-state index in [4.69, 9.17) is 20.6 Å². The predicted octanol–water partition coefficient (Wildman–Crippen LogP) is -0.952. The monoisotopic (exact) mass is 271 g/mol. The van der Waals surface area contributed by atoms with Crippen molar-refractivity contribution >= 4 is 7.32 Å². The molecule has 0 radical (unpaired) electrons. The highest BCUT2D eigenvalue weighted by Gasteiger charge is 2.34. The molecule has 1 rings (SSSR count). The largest absolute Gasteiger partial charge is 0.662 e. The number of likely N-dealkylation sites (tertiary alicyclic amines) is 1. The standard InChI is InChI=1S/C5H7BN2O5.C5H11N/c1-11-4-5(2-7,3-8)12-13-6(9)10;1-6-4-2-3-5-6/h9-10H,4H2,1H3;2-5H2,1H3. The highest BCUT2D eigenvalue weighted by molar-refractivity contribution is 6.32. The van der Waals surface area contributed by atoms with Crippen LogP contribution in [0.1, 0.15) is 12.8 Å². The van der Waals surface area contributed by atoms with Crippen molar-refractivity contribution in [3.63, 3.8) is 0 Å². The molecule has 0 bridgehead atoms. The summed E-state index contributed by atoms with van der Waals surface area (Å²) in [4.78, 5) is 10.4. The van der Waals surface area contributed by atoms with Gasteiger partial charge in [0.15, 0.2) is 0 Å². The first-order valence-electron chi connectivity index (χ1n) is 5.70. The van der Waals surface area contributed by atoms with Gasteiger partial charge in [0, 0.05) is 7.11 Å². The fourth-order valence-corrected chi connectivity index (χ4v) is 1.35. The zero-order valence-electron chi connectivity index (χ0n) is 11.1. The van der Waals surface area contributed by atoms with E-state index in [0.29, 0.717) is 0 Å². The van der Waals surface area contributed by atoms with Crippen molar-refractivity contribution in [3.05, 3.63) is 0 Å². The lowest BCUT2D eigenvalue weighted by Gasteiger charge is -2.15. The summed E-state index contributed by atoms with van der Waals surface area (Å²) in [7, 11) is 1.22. The first-order chi connectivity index (χ1) is 8.99. The molecule has 1 aliphatic heterocycles. The van der Waals surface area contributed by atoms with Crippen molar-refractivity contribution < 1.29 is 24.5 Å². The summed E-state index contributed by atoms with van der Waals surface area (Å²) in [5.74, 6) is 0. The molecule has 0 atom stereocenters. The molecule has 0 amide bonds. The molecular weight excluding hydrogens is 253 g/mol. The lowest BCUT2D eigenvalue weighted by molar-refractivity contribution is -0.286. The van der Waals surface area contributed by atoms with Crippen LogP contribution < -0.4 is 0 Å². The fraction of sp³-hybridized carbons (Fsp3) is 0.800. The minimum absolute atomic E-state index is 0.368. The molecule has 0 saturated carbocycles. The van der Waals surface area contributed by atoms with Gasteiger partial charge in [-0.05, 0) is 33.0 Å². The van der Waals surface area contributed by atoms with Crippen LogP contribution in [0.3, 0.4) is 0 Å². The molecule has 0 aliphatic carbocycles. The zero-order chi connectivity index (χ0) is 14.7. The van der Waals surface area contributed by atoms with Crippen molar-refractivity contribution in [2.24, 2.45) is 0 Å². The second-order valence-electron chi connectivity index (χ2n) is 4.00. The van der Waals surface area contributed by atoms with Gasteiger partial charge in [-0.3, -0.25) is 0 Å². The lowest BCUT2D eigenvalue weighted by Crippen LogP contribution is -2.37. The van der Waals surface area contributed by atoms with Crippen LogP contribution in [0, 0.1) is 22.7 Å². The molecule has 1 fully saturated rings. The smallest absolute Gasteiger partial charge is 0.400 e. The first-order valence-corrected chi connectivity index (χ1v) is 5.70. The molecule has 0 aromatic carbocycles. The molecule has 2 N–H and O–H groups in total. The third-order valence-electron chi connectivity index (χ3n) is 2.31. The van der Waals surface area contributed by atoms with E-state index in [2.05, 4.69) is 26.4 Å². The van der Waals surface area contributed by atoms with Crippen LogP contribution in [0.4, 0.5) is 0 Å². The first kappa shape index (κ1) is 17.8. The molecule has 19 heavy (non-hydrogen) atoms. The lowest BCUT2D eigenvalue weighted by atomic mass is 10.1. The molecule has 8 nitrogen and oxygen atoms in total. The maximum absolute atomic E-state index is 8.50. The molecule has 0 spiro atoms. The van der Waals surface area contributed by atoms with Crippen LogP contribution in [0.5, 0.6) is 0 Å². The van der Waals surface area contributed by atoms with Crippen LogP contribution in [-0.4, -0.2) is 61.7 Å². The summed E-state index contributed by atoms with van der Waals surface area (Å²) in [5.41, 5.74) is -1.99. The summed E-state index contributed by atoms with van der Waals surface area (Å²) in [5, 5.41) is 33.4. The minimum atomic E-state index is -2.21. The second-order valence-corrected chi connectivity index (χ2v) is 4.00. The van der Waals surface area contributed by atoms with Crippen LogP contribution in [-0.2, 0) is 14.4 Å². The Morgan fingerprint density at radius 2 is 1.79 bits per heavy atom. The molecular formula is C10H18BN3O5. The number of rotatable bonds is 5. The topological polar surface area (TPSA) is 119 Å². The van der Waals surface area contributed by atoms with E-state index in [-0.39, 0.29) is 6.61 Å². The van der Waals surface area contributed by atoms with Gasteiger partial charge in [-0.1, -0.05) is 0 Å². The van der Waals surface area contributed by atoms with Crippen LogP contribution in [0.2, 0.25) is 0 Å². The SMILES string of the molecule is CN1CCCC1.COCC(C#N)(C#N)OOB(O)O. The van der Waals surface area contributed by atoms with E-state index in [1.54, 1.807) is 0 Å². The Labute approximate surface area is 112 Å². The summed E-state index contributed by atoms with van der Waals surface area (Å²) < 4.78 is 4.51. The Morgan fingerprint density at radius 3 is 2.05 bits per heavy atom. The molecule has 0 aromatic heterocycles. The maximum Gasteiger partial charge on any atom is 0.662 e. The molecule has 1 aliphatic rings. The van der Waals surface area contributed by atoms with E-state index in [0.717, 1.165) is 0 Å². The number of ether oxygens (including phenoxy) is 1. The van der Waals surface area contributed by atoms with Gasteiger partial charge >= 0.3 is 7.32 Å².